The summed E-state index contributed by atoms with van der Waals surface area (Å²) >= 11 is 0. The first kappa shape index (κ1) is 13.7. The Kier molecular flexibility index (Phi) is 4.54. The topological polar surface area (TPSA) is 20.3 Å². The smallest absolute Gasteiger partial charge is 0.131 e. The average molecular weight is 225 g/mol. The van der Waals surface area contributed by atoms with E-state index in [1.54, 1.807) is 6.92 Å². The Labute approximate surface area is 100 Å². The van der Waals surface area contributed by atoms with Crippen LogP contribution < -0.4 is 0 Å². The summed E-state index contributed by atoms with van der Waals surface area (Å²) in [6.07, 6.45) is 5.89. The predicted molar refractivity (Wildman–Crippen MR) is 68.6 cm³/mol. The molecule has 0 radical (unpaired) electrons. The molecule has 16 heavy (non-hydrogen) atoms. The molecule has 0 heterocycles. The first-order valence-corrected chi connectivity index (χ1v) is 6.53. The van der Waals surface area contributed by atoms with Crippen LogP contribution in [0.25, 0.3) is 0 Å². The zero-order valence-corrected chi connectivity index (χ0v) is 11.5. The molecule has 1 rings (SSSR count). The van der Waals surface area contributed by atoms with Crippen molar-refractivity contribution in [2.45, 2.75) is 71.9 Å². The third-order valence-corrected chi connectivity index (χ3v) is 4.16. The molecule has 1 unspecified atom stereocenters. The quantitative estimate of drug-likeness (QED) is 0.732. The Balaban J connectivity index is 2.43. The van der Waals surface area contributed by atoms with E-state index < -0.39 is 0 Å². The highest BCUT2D eigenvalue weighted by molar-refractivity contribution is 5.76. The van der Waals surface area contributed by atoms with Crippen LogP contribution in [0.3, 0.4) is 0 Å². The molecule has 1 saturated carbocycles. The average Bonchev–Trinajstić information content (AvgIpc) is 2.15. The van der Waals surface area contributed by atoms with E-state index in [0.29, 0.717) is 29.7 Å². The fourth-order valence-corrected chi connectivity index (χ4v) is 2.71. The minimum atomic E-state index is 0.301. The number of Topliss-reactive ketones (excluding diaryl/α,β-unsaturated/α-hetero) is 1. The van der Waals surface area contributed by atoms with Gasteiger partial charge in [-0.1, -0.05) is 13.8 Å². The van der Waals surface area contributed by atoms with Crippen molar-refractivity contribution in [3.8, 4) is 0 Å². The molecule has 0 aromatic heterocycles. The van der Waals surface area contributed by atoms with Crippen LogP contribution in [0.2, 0.25) is 0 Å². The van der Waals surface area contributed by atoms with Gasteiger partial charge in [-0.3, -0.25) is 4.79 Å². The lowest BCUT2D eigenvalue weighted by atomic mass is 9.75. The van der Waals surface area contributed by atoms with E-state index in [9.17, 15) is 4.79 Å². The summed E-state index contributed by atoms with van der Waals surface area (Å²) < 4.78 is 0. The summed E-state index contributed by atoms with van der Waals surface area (Å²) in [4.78, 5) is 13.5. The third kappa shape index (κ3) is 3.89. The largest absolute Gasteiger partial charge is 0.300 e. The van der Waals surface area contributed by atoms with E-state index in [4.69, 9.17) is 0 Å². The molecule has 2 nitrogen and oxygen atoms in total. The third-order valence-electron chi connectivity index (χ3n) is 4.16. The van der Waals surface area contributed by atoms with Crippen molar-refractivity contribution in [2.24, 2.45) is 5.41 Å². The van der Waals surface area contributed by atoms with Crippen molar-refractivity contribution in [1.29, 1.82) is 0 Å². The van der Waals surface area contributed by atoms with Crippen LogP contribution in [0.4, 0.5) is 0 Å². The zero-order valence-electron chi connectivity index (χ0n) is 11.5. The Hall–Kier alpha value is -0.370. The Morgan fingerprint density at radius 1 is 1.38 bits per heavy atom. The second kappa shape index (κ2) is 5.31. The van der Waals surface area contributed by atoms with Gasteiger partial charge in [-0.15, -0.1) is 0 Å². The van der Waals surface area contributed by atoms with Crippen molar-refractivity contribution in [1.82, 2.24) is 4.90 Å². The predicted octanol–water partition coefficient (Wildman–Crippen LogP) is 3.25. The molecule has 0 aromatic carbocycles. The second-order valence-corrected chi connectivity index (χ2v) is 6.32. The summed E-state index contributed by atoms with van der Waals surface area (Å²) in [6, 6.07) is 1.08. The van der Waals surface area contributed by atoms with E-state index in [0.717, 1.165) is 0 Å². The maximum absolute atomic E-state index is 11.1. The molecule has 0 N–H and O–H groups in total. The summed E-state index contributed by atoms with van der Waals surface area (Å²) in [7, 11) is 2.18. The maximum atomic E-state index is 11.1. The Morgan fingerprint density at radius 2 is 1.88 bits per heavy atom. The number of carbonyl (C=O) groups excluding carboxylic acids is 1. The Bertz CT molecular complexity index is 237. The molecule has 0 spiro atoms. The van der Waals surface area contributed by atoms with Gasteiger partial charge in [0.15, 0.2) is 0 Å². The molecule has 1 fully saturated rings. The number of nitrogens with zero attached hydrogens (tertiary/aromatic N) is 1. The Morgan fingerprint density at radius 3 is 2.31 bits per heavy atom. The van der Waals surface area contributed by atoms with Crippen molar-refractivity contribution >= 4 is 5.78 Å². The number of carbonyl (C=O) groups is 1. The number of hydrogen-bond donors (Lipinski definition) is 0. The van der Waals surface area contributed by atoms with Gasteiger partial charge in [0.25, 0.3) is 0 Å². The van der Waals surface area contributed by atoms with Gasteiger partial charge in [-0.25, -0.2) is 0 Å². The second-order valence-electron chi connectivity index (χ2n) is 6.32. The van der Waals surface area contributed by atoms with Crippen LogP contribution in [-0.4, -0.2) is 29.8 Å². The van der Waals surface area contributed by atoms with Crippen LogP contribution in [-0.2, 0) is 4.79 Å². The van der Waals surface area contributed by atoms with Crippen LogP contribution in [0, 0.1) is 5.41 Å². The molecule has 1 aliphatic carbocycles. The van der Waals surface area contributed by atoms with Gasteiger partial charge in [0.2, 0.25) is 0 Å². The van der Waals surface area contributed by atoms with Crippen molar-refractivity contribution in [3.05, 3.63) is 0 Å². The molecule has 2 heteroatoms. The number of rotatable bonds is 4. The summed E-state index contributed by atoms with van der Waals surface area (Å²) in [5.74, 6) is 0.301. The highest BCUT2D eigenvalue weighted by atomic mass is 16.1. The van der Waals surface area contributed by atoms with E-state index in [1.165, 1.54) is 25.7 Å². The lowest BCUT2D eigenvalue weighted by Crippen LogP contribution is -2.42. The van der Waals surface area contributed by atoms with Crippen LogP contribution in [0.1, 0.15) is 59.8 Å². The normalized spacial score (nSPS) is 23.4. The molecule has 0 aliphatic heterocycles. The summed E-state index contributed by atoms with van der Waals surface area (Å²) in [6.45, 7) is 8.58. The molecular formula is C14H27NO. The van der Waals surface area contributed by atoms with Crippen molar-refractivity contribution in [3.63, 3.8) is 0 Å². The minimum Gasteiger partial charge on any atom is -0.300 e. The minimum absolute atomic E-state index is 0.301. The number of hydrogen-bond acceptors (Lipinski definition) is 2. The van der Waals surface area contributed by atoms with Crippen molar-refractivity contribution in [2.75, 3.05) is 7.05 Å². The van der Waals surface area contributed by atoms with Crippen LogP contribution >= 0.6 is 0 Å². The van der Waals surface area contributed by atoms with Gasteiger partial charge in [0.05, 0.1) is 0 Å². The summed E-state index contributed by atoms with van der Waals surface area (Å²) in [5.41, 5.74) is 0.529. The highest BCUT2D eigenvalue weighted by Gasteiger charge is 2.30. The molecule has 0 saturated heterocycles. The summed E-state index contributed by atoms with van der Waals surface area (Å²) in [5, 5.41) is 0. The van der Waals surface area contributed by atoms with Gasteiger partial charge in [0, 0.05) is 18.5 Å². The van der Waals surface area contributed by atoms with Gasteiger partial charge in [0.1, 0.15) is 5.78 Å². The van der Waals surface area contributed by atoms with Crippen LogP contribution in [0.15, 0.2) is 0 Å². The van der Waals surface area contributed by atoms with Crippen LogP contribution in [0.5, 0.6) is 0 Å². The number of ketones is 1. The van der Waals surface area contributed by atoms with Gasteiger partial charge in [-0.05, 0) is 52.0 Å². The zero-order chi connectivity index (χ0) is 12.3. The SMILES string of the molecule is CC(=O)CC(C)N(C)C1CCC(C)(C)CC1. The van der Waals surface area contributed by atoms with Crippen molar-refractivity contribution < 1.29 is 4.79 Å². The lowest BCUT2D eigenvalue weighted by molar-refractivity contribution is -0.118. The van der Waals surface area contributed by atoms with E-state index in [1.807, 2.05) is 0 Å². The fraction of sp³-hybridized carbons (Fsp3) is 0.929. The standard InChI is InChI=1S/C14H27NO/c1-11(10-12(2)16)15(5)13-6-8-14(3,4)9-7-13/h11,13H,6-10H2,1-5H3. The molecule has 0 bridgehead atoms. The first-order chi connectivity index (χ1) is 7.32. The molecule has 1 aliphatic rings. The van der Waals surface area contributed by atoms with E-state index in [2.05, 4.69) is 32.7 Å². The van der Waals surface area contributed by atoms with E-state index >= 15 is 0 Å². The van der Waals surface area contributed by atoms with Gasteiger partial charge >= 0.3 is 0 Å². The molecule has 0 aromatic rings. The monoisotopic (exact) mass is 225 g/mol. The molecule has 0 amide bonds. The molecule has 94 valence electrons. The van der Waals surface area contributed by atoms with E-state index in [-0.39, 0.29) is 0 Å². The van der Waals surface area contributed by atoms with Gasteiger partial charge < -0.3 is 4.90 Å². The molecular weight excluding hydrogens is 198 g/mol. The van der Waals surface area contributed by atoms with Gasteiger partial charge in [-0.2, -0.15) is 0 Å². The first-order valence-electron chi connectivity index (χ1n) is 6.53. The fourth-order valence-electron chi connectivity index (χ4n) is 2.71. The highest BCUT2D eigenvalue weighted by Crippen LogP contribution is 2.37. The molecule has 1 atom stereocenters. The lowest BCUT2D eigenvalue weighted by Gasteiger charge is -2.40. The maximum Gasteiger partial charge on any atom is 0.131 e.